The molecule has 1 saturated heterocycles. The molecule has 156 valence electrons. The minimum absolute atomic E-state index is 0.0388. The van der Waals surface area contributed by atoms with Crippen molar-refractivity contribution in [3.63, 3.8) is 0 Å². The van der Waals surface area contributed by atoms with E-state index in [2.05, 4.69) is 57.7 Å². The Kier molecular flexibility index (Phi) is 5.32. The van der Waals surface area contributed by atoms with Gasteiger partial charge in [0, 0.05) is 54.0 Å². The number of ether oxygens (including phenoxy) is 1. The van der Waals surface area contributed by atoms with E-state index >= 15 is 0 Å². The fourth-order valence-electron chi connectivity index (χ4n) is 5.22. The Bertz CT molecular complexity index is 1030. The number of pyridine rings is 1. The number of piperidine rings is 1. The fraction of sp³-hybridized carbons (Fsp3) is 0.400. The number of likely N-dealkylation sites (tertiary alicyclic amines) is 1. The molecule has 3 aromatic rings. The minimum Gasteiger partial charge on any atom is -0.491 e. The first kappa shape index (κ1) is 19.3. The maximum absolute atomic E-state index is 9.06. The summed E-state index contributed by atoms with van der Waals surface area (Å²) < 4.78 is 5.71. The van der Waals surface area contributed by atoms with Crippen LogP contribution >= 0.6 is 0 Å². The van der Waals surface area contributed by atoms with Crippen LogP contribution in [0.5, 0.6) is 5.75 Å². The summed E-state index contributed by atoms with van der Waals surface area (Å²) in [4.78, 5) is 6.88. The van der Waals surface area contributed by atoms with Gasteiger partial charge >= 0.3 is 0 Å². The largest absolute Gasteiger partial charge is 0.491 e. The zero-order valence-electron chi connectivity index (χ0n) is 17.4. The summed E-state index contributed by atoms with van der Waals surface area (Å²) in [7, 11) is 0. The van der Waals surface area contributed by atoms with Gasteiger partial charge in [0.2, 0.25) is 0 Å². The highest BCUT2D eigenvalue weighted by Crippen LogP contribution is 2.41. The Morgan fingerprint density at radius 2 is 2.13 bits per heavy atom. The lowest BCUT2D eigenvalue weighted by atomic mass is 10.0. The van der Waals surface area contributed by atoms with E-state index < -0.39 is 0 Å². The van der Waals surface area contributed by atoms with Gasteiger partial charge < -0.3 is 15.2 Å². The molecule has 0 unspecified atom stereocenters. The highest BCUT2D eigenvalue weighted by atomic mass is 16.5. The summed E-state index contributed by atoms with van der Waals surface area (Å²) in [5, 5.41) is 15.4. The first-order valence-electron chi connectivity index (χ1n) is 10.9. The Hall–Kier alpha value is -2.63. The van der Waals surface area contributed by atoms with E-state index in [1.165, 1.54) is 34.9 Å². The Balaban J connectivity index is 1.32. The molecule has 0 radical (unpaired) electrons. The van der Waals surface area contributed by atoms with E-state index in [-0.39, 0.29) is 6.61 Å². The lowest BCUT2D eigenvalue weighted by Crippen LogP contribution is -2.36. The van der Waals surface area contributed by atoms with Gasteiger partial charge in [0.25, 0.3) is 0 Å². The Morgan fingerprint density at radius 3 is 3.03 bits per heavy atom. The van der Waals surface area contributed by atoms with Crippen molar-refractivity contribution >= 4 is 16.5 Å². The van der Waals surface area contributed by atoms with E-state index in [1.54, 1.807) is 0 Å². The average molecular weight is 404 g/mol. The number of aliphatic hydroxyl groups is 1. The van der Waals surface area contributed by atoms with Gasteiger partial charge in [-0.3, -0.25) is 9.88 Å². The molecule has 0 amide bonds. The number of fused-ring (bicyclic) bond motifs is 3. The van der Waals surface area contributed by atoms with Crippen LogP contribution in [-0.2, 0) is 6.54 Å². The van der Waals surface area contributed by atoms with Crippen molar-refractivity contribution in [1.29, 1.82) is 0 Å². The summed E-state index contributed by atoms with van der Waals surface area (Å²) in [6.45, 7) is 4.50. The molecule has 1 aliphatic carbocycles. The molecule has 0 spiro atoms. The number of anilines is 1. The molecule has 30 heavy (non-hydrogen) atoms. The third kappa shape index (κ3) is 3.64. The van der Waals surface area contributed by atoms with Crippen molar-refractivity contribution in [1.82, 2.24) is 9.88 Å². The van der Waals surface area contributed by atoms with Gasteiger partial charge in [0.05, 0.1) is 6.61 Å². The molecule has 5 nitrogen and oxygen atoms in total. The van der Waals surface area contributed by atoms with Crippen LogP contribution < -0.4 is 10.1 Å². The number of hydrogen-bond acceptors (Lipinski definition) is 5. The molecular formula is C25H29N3O2. The van der Waals surface area contributed by atoms with Gasteiger partial charge in [0.1, 0.15) is 12.4 Å². The average Bonchev–Trinajstić information content (AvgIpc) is 3.30. The number of aryl methyl sites for hydroxylation is 1. The van der Waals surface area contributed by atoms with Crippen LogP contribution in [0.15, 0.2) is 54.9 Å². The lowest BCUT2D eigenvalue weighted by Gasteiger charge is -2.28. The molecule has 2 fully saturated rings. The van der Waals surface area contributed by atoms with Crippen LogP contribution in [-0.4, -0.2) is 46.8 Å². The van der Waals surface area contributed by atoms with Gasteiger partial charge in [-0.2, -0.15) is 0 Å². The zero-order chi connectivity index (χ0) is 20.5. The molecular weight excluding hydrogens is 374 g/mol. The maximum atomic E-state index is 9.06. The van der Waals surface area contributed by atoms with Gasteiger partial charge in [0.15, 0.2) is 0 Å². The monoisotopic (exact) mass is 403 g/mol. The normalized spacial score (nSPS) is 23.2. The first-order valence-corrected chi connectivity index (χ1v) is 10.9. The van der Waals surface area contributed by atoms with Crippen molar-refractivity contribution in [3.8, 4) is 5.75 Å². The van der Waals surface area contributed by atoms with Crippen molar-refractivity contribution < 1.29 is 9.84 Å². The number of aliphatic hydroxyl groups excluding tert-OH is 1. The number of aromatic nitrogens is 1. The van der Waals surface area contributed by atoms with Crippen LogP contribution in [0.4, 0.5) is 5.69 Å². The predicted octanol–water partition coefficient (Wildman–Crippen LogP) is 3.99. The van der Waals surface area contributed by atoms with Gasteiger partial charge in [-0.15, -0.1) is 0 Å². The zero-order valence-corrected chi connectivity index (χ0v) is 17.4. The standard InChI is InChI=1S/C25H29N3O2/c1-17-5-6-18(13-24(17)30-12-11-29)15-28-16-20-7-8-23(28)25(20)27-22-4-2-3-19-14-26-10-9-21(19)22/h2-6,9-10,13-14,20,23,25,27,29H,7-8,11-12,15-16H2,1H3/t20-,23-,25-/m0/s1. The molecule has 2 N–H and O–H groups in total. The van der Waals surface area contributed by atoms with Crippen LogP contribution in [0.2, 0.25) is 0 Å². The van der Waals surface area contributed by atoms with E-state index in [4.69, 9.17) is 9.84 Å². The van der Waals surface area contributed by atoms with Crippen LogP contribution in [0.3, 0.4) is 0 Å². The summed E-state index contributed by atoms with van der Waals surface area (Å²) in [5.74, 6) is 1.56. The molecule has 2 aromatic carbocycles. The van der Waals surface area contributed by atoms with Crippen LogP contribution in [0, 0.1) is 12.8 Å². The van der Waals surface area contributed by atoms with E-state index in [9.17, 15) is 0 Å². The third-order valence-electron chi connectivity index (χ3n) is 6.68. The van der Waals surface area contributed by atoms with E-state index in [0.29, 0.717) is 24.6 Å². The number of benzene rings is 2. The second kappa shape index (κ2) is 8.25. The first-order chi connectivity index (χ1) is 14.7. The summed E-state index contributed by atoms with van der Waals surface area (Å²) in [6.07, 6.45) is 6.35. The molecule has 5 heteroatoms. The van der Waals surface area contributed by atoms with Crippen molar-refractivity contribution in [2.24, 2.45) is 5.92 Å². The molecule has 5 rings (SSSR count). The summed E-state index contributed by atoms with van der Waals surface area (Å²) in [6, 6.07) is 16.0. The second-order valence-electron chi connectivity index (χ2n) is 8.58. The van der Waals surface area contributed by atoms with Gasteiger partial charge in [-0.1, -0.05) is 24.3 Å². The lowest BCUT2D eigenvalue weighted by molar-refractivity contribution is 0.197. The minimum atomic E-state index is 0.0388. The highest BCUT2D eigenvalue weighted by molar-refractivity contribution is 5.93. The van der Waals surface area contributed by atoms with Gasteiger partial charge in [-0.25, -0.2) is 0 Å². The molecule has 1 aromatic heterocycles. The molecule has 1 saturated carbocycles. The van der Waals surface area contributed by atoms with Crippen molar-refractivity contribution in [3.05, 3.63) is 66.0 Å². The SMILES string of the molecule is Cc1ccc(CN2C[C@@H]3CC[C@H]2[C@H]3Nc2cccc3cnccc23)cc1OCCO. The van der Waals surface area contributed by atoms with Crippen molar-refractivity contribution in [2.75, 3.05) is 25.1 Å². The maximum Gasteiger partial charge on any atom is 0.122 e. The number of nitrogens with one attached hydrogen (secondary N) is 1. The topological polar surface area (TPSA) is 57.6 Å². The summed E-state index contributed by atoms with van der Waals surface area (Å²) >= 11 is 0. The predicted molar refractivity (Wildman–Crippen MR) is 120 cm³/mol. The second-order valence-corrected chi connectivity index (χ2v) is 8.58. The fourth-order valence-corrected chi connectivity index (χ4v) is 5.22. The van der Waals surface area contributed by atoms with E-state index in [0.717, 1.165) is 24.4 Å². The number of nitrogens with zero attached hydrogens (tertiary/aromatic N) is 2. The Morgan fingerprint density at radius 1 is 1.20 bits per heavy atom. The van der Waals surface area contributed by atoms with Crippen LogP contribution in [0.25, 0.3) is 10.8 Å². The summed E-state index contributed by atoms with van der Waals surface area (Å²) in [5.41, 5.74) is 3.60. The van der Waals surface area contributed by atoms with E-state index in [1.807, 2.05) is 19.3 Å². The third-order valence-corrected chi connectivity index (χ3v) is 6.68. The number of rotatable bonds is 7. The Labute approximate surface area is 177 Å². The molecule has 2 heterocycles. The molecule has 1 aliphatic heterocycles. The van der Waals surface area contributed by atoms with Crippen molar-refractivity contribution in [2.45, 2.75) is 38.4 Å². The highest BCUT2D eigenvalue weighted by Gasteiger charge is 2.46. The van der Waals surface area contributed by atoms with Gasteiger partial charge in [-0.05, 0) is 55.0 Å². The quantitative estimate of drug-likeness (QED) is 0.625. The van der Waals surface area contributed by atoms with Crippen LogP contribution in [0.1, 0.15) is 24.0 Å². The molecule has 3 atom stereocenters. The molecule has 2 bridgehead atoms. The molecule has 2 aliphatic rings. The number of hydrogen-bond donors (Lipinski definition) is 2. The smallest absolute Gasteiger partial charge is 0.122 e.